The first-order valence-corrected chi connectivity index (χ1v) is 7.64. The number of nitrogens with one attached hydrogen (secondary N) is 1. The molecule has 22 heavy (non-hydrogen) atoms. The number of piperidine rings is 1. The minimum absolute atomic E-state index is 0.147. The van der Waals surface area contributed by atoms with Crippen LogP contribution in [0.5, 0.6) is 0 Å². The number of hydrogen-bond donors (Lipinski definition) is 1. The molecule has 3 rings (SSSR count). The molecular weight excluding hydrogens is 280 g/mol. The molecule has 0 saturated carbocycles. The van der Waals surface area contributed by atoms with Crippen molar-refractivity contribution in [1.82, 2.24) is 10.1 Å². The molecule has 1 amide bonds. The summed E-state index contributed by atoms with van der Waals surface area (Å²) in [5, 5.41) is 6.59. The summed E-state index contributed by atoms with van der Waals surface area (Å²) in [6.07, 6.45) is 5.78. The number of pyridine rings is 1. The summed E-state index contributed by atoms with van der Waals surface area (Å²) < 4.78 is 4.95. The molecule has 0 atom stereocenters. The van der Waals surface area contributed by atoms with Gasteiger partial charge in [-0.2, -0.15) is 0 Å². The van der Waals surface area contributed by atoms with Crippen LogP contribution in [0.25, 0.3) is 0 Å². The van der Waals surface area contributed by atoms with Gasteiger partial charge >= 0.3 is 0 Å². The van der Waals surface area contributed by atoms with E-state index in [1.165, 1.54) is 19.3 Å². The second kappa shape index (κ2) is 6.60. The Labute approximate surface area is 129 Å². The molecule has 1 N–H and O–H groups in total. The molecule has 1 saturated heterocycles. The van der Waals surface area contributed by atoms with E-state index in [9.17, 15) is 4.79 Å². The number of carbonyl (C=O) groups is 1. The number of carbonyl (C=O) groups excluding carboxylic acids is 1. The molecule has 6 heteroatoms. The summed E-state index contributed by atoms with van der Waals surface area (Å²) in [6.45, 7) is 3.97. The van der Waals surface area contributed by atoms with Crippen molar-refractivity contribution < 1.29 is 9.32 Å². The number of aryl methyl sites for hydroxylation is 1. The Morgan fingerprint density at radius 3 is 2.77 bits per heavy atom. The maximum atomic E-state index is 11.9. The van der Waals surface area contributed by atoms with Crippen molar-refractivity contribution >= 4 is 17.4 Å². The van der Waals surface area contributed by atoms with Crippen LogP contribution in [0, 0.1) is 6.92 Å². The molecule has 3 heterocycles. The van der Waals surface area contributed by atoms with Gasteiger partial charge in [0.05, 0.1) is 24.0 Å². The molecule has 6 nitrogen and oxygen atoms in total. The summed E-state index contributed by atoms with van der Waals surface area (Å²) in [7, 11) is 0. The van der Waals surface area contributed by atoms with Crippen molar-refractivity contribution in [2.45, 2.75) is 32.6 Å². The van der Waals surface area contributed by atoms with Gasteiger partial charge < -0.3 is 14.7 Å². The van der Waals surface area contributed by atoms with Crippen molar-refractivity contribution in [3.63, 3.8) is 0 Å². The lowest BCUT2D eigenvalue weighted by Crippen LogP contribution is -2.29. The van der Waals surface area contributed by atoms with Crippen molar-refractivity contribution in [2.24, 2.45) is 0 Å². The first-order valence-electron chi connectivity index (χ1n) is 7.64. The highest BCUT2D eigenvalue weighted by Crippen LogP contribution is 2.20. The zero-order valence-corrected chi connectivity index (χ0v) is 12.7. The third-order valence-electron chi connectivity index (χ3n) is 3.76. The van der Waals surface area contributed by atoms with Gasteiger partial charge in [-0.3, -0.25) is 4.79 Å². The maximum absolute atomic E-state index is 11.9. The largest absolute Gasteiger partial charge is 0.370 e. The number of rotatable bonds is 4. The maximum Gasteiger partial charge on any atom is 0.231 e. The van der Waals surface area contributed by atoms with E-state index in [2.05, 4.69) is 20.4 Å². The van der Waals surface area contributed by atoms with E-state index in [-0.39, 0.29) is 12.3 Å². The summed E-state index contributed by atoms with van der Waals surface area (Å²) in [5.41, 5.74) is 1.74. The number of aromatic nitrogens is 2. The van der Waals surface area contributed by atoms with E-state index < -0.39 is 0 Å². The summed E-state index contributed by atoms with van der Waals surface area (Å²) >= 11 is 0. The highest BCUT2D eigenvalue weighted by Gasteiger charge is 2.12. The lowest BCUT2D eigenvalue weighted by Gasteiger charge is -2.28. The van der Waals surface area contributed by atoms with Crippen LogP contribution < -0.4 is 10.2 Å². The fourth-order valence-electron chi connectivity index (χ4n) is 2.65. The third kappa shape index (κ3) is 3.63. The molecule has 1 aliphatic rings. The second-order valence-corrected chi connectivity index (χ2v) is 5.60. The summed E-state index contributed by atoms with van der Waals surface area (Å²) in [6, 6.07) is 5.61. The highest BCUT2D eigenvalue weighted by molar-refractivity contribution is 5.91. The minimum atomic E-state index is -0.147. The van der Waals surface area contributed by atoms with Crippen molar-refractivity contribution in [2.75, 3.05) is 23.3 Å². The summed E-state index contributed by atoms with van der Waals surface area (Å²) in [4.78, 5) is 18.6. The molecule has 0 aliphatic carbocycles. The van der Waals surface area contributed by atoms with E-state index in [4.69, 9.17) is 4.52 Å². The van der Waals surface area contributed by atoms with Gasteiger partial charge in [0.2, 0.25) is 5.91 Å². The first-order chi connectivity index (χ1) is 10.7. The first kappa shape index (κ1) is 14.6. The predicted molar refractivity (Wildman–Crippen MR) is 83.9 cm³/mol. The molecule has 1 fully saturated rings. The SMILES string of the molecule is Cc1cc(CC(=O)Nc2ccc(N3CCCCC3)cn2)no1. The second-order valence-electron chi connectivity index (χ2n) is 5.60. The van der Waals surface area contributed by atoms with Gasteiger partial charge in [0.15, 0.2) is 0 Å². The molecule has 0 radical (unpaired) electrons. The van der Waals surface area contributed by atoms with Crippen molar-refractivity contribution in [1.29, 1.82) is 0 Å². The van der Waals surface area contributed by atoms with Gasteiger partial charge in [-0.05, 0) is 38.3 Å². The molecule has 0 aromatic carbocycles. The monoisotopic (exact) mass is 300 g/mol. The zero-order chi connectivity index (χ0) is 15.4. The van der Waals surface area contributed by atoms with Gasteiger partial charge in [-0.1, -0.05) is 5.16 Å². The van der Waals surface area contributed by atoms with Crippen LogP contribution in [-0.4, -0.2) is 29.1 Å². The number of anilines is 2. The van der Waals surface area contributed by atoms with Crippen molar-refractivity contribution in [3.05, 3.63) is 35.9 Å². The average molecular weight is 300 g/mol. The number of hydrogen-bond acceptors (Lipinski definition) is 5. The molecule has 0 unspecified atom stereocenters. The predicted octanol–water partition coefficient (Wildman–Crippen LogP) is 2.55. The molecule has 2 aromatic rings. The van der Waals surface area contributed by atoms with E-state index in [1.54, 1.807) is 13.0 Å². The fraction of sp³-hybridized carbons (Fsp3) is 0.438. The lowest BCUT2D eigenvalue weighted by atomic mass is 10.1. The van der Waals surface area contributed by atoms with Crippen LogP contribution in [-0.2, 0) is 11.2 Å². The Morgan fingerprint density at radius 1 is 1.32 bits per heavy atom. The Hall–Kier alpha value is -2.37. The van der Waals surface area contributed by atoms with Gasteiger partial charge in [0.1, 0.15) is 11.6 Å². The fourth-order valence-corrected chi connectivity index (χ4v) is 2.65. The van der Waals surface area contributed by atoms with Crippen LogP contribution in [0.3, 0.4) is 0 Å². The van der Waals surface area contributed by atoms with Gasteiger partial charge in [0, 0.05) is 19.2 Å². The Bertz CT molecular complexity index is 630. The van der Waals surface area contributed by atoms with Gasteiger partial charge in [-0.15, -0.1) is 0 Å². The van der Waals surface area contributed by atoms with Crippen LogP contribution >= 0.6 is 0 Å². The standard InChI is InChI=1S/C16H20N4O2/c1-12-9-13(19-22-12)10-16(21)18-15-6-5-14(11-17-15)20-7-3-2-4-8-20/h5-6,9,11H,2-4,7-8,10H2,1H3,(H,17,18,21). The van der Waals surface area contributed by atoms with Crippen LogP contribution in [0.4, 0.5) is 11.5 Å². The molecule has 0 bridgehead atoms. The molecule has 2 aromatic heterocycles. The van der Waals surface area contributed by atoms with Crippen LogP contribution in [0.1, 0.15) is 30.7 Å². The Kier molecular flexibility index (Phi) is 4.37. The van der Waals surface area contributed by atoms with E-state index in [1.807, 2.05) is 18.3 Å². The van der Waals surface area contributed by atoms with Gasteiger partial charge in [0.25, 0.3) is 0 Å². The minimum Gasteiger partial charge on any atom is -0.370 e. The molecule has 116 valence electrons. The van der Waals surface area contributed by atoms with E-state index in [0.29, 0.717) is 17.3 Å². The average Bonchev–Trinajstić information content (AvgIpc) is 2.94. The summed E-state index contributed by atoms with van der Waals surface area (Å²) in [5.74, 6) is 1.12. The Balaban J connectivity index is 1.57. The number of nitrogens with zero attached hydrogens (tertiary/aromatic N) is 3. The third-order valence-corrected chi connectivity index (χ3v) is 3.76. The normalized spacial score (nSPS) is 14.9. The van der Waals surface area contributed by atoms with Crippen molar-refractivity contribution in [3.8, 4) is 0 Å². The van der Waals surface area contributed by atoms with Crippen LogP contribution in [0.15, 0.2) is 28.9 Å². The van der Waals surface area contributed by atoms with Gasteiger partial charge in [-0.25, -0.2) is 4.98 Å². The Morgan fingerprint density at radius 2 is 2.14 bits per heavy atom. The molecule has 0 spiro atoms. The molecular formula is C16H20N4O2. The molecule has 1 aliphatic heterocycles. The topological polar surface area (TPSA) is 71.3 Å². The van der Waals surface area contributed by atoms with E-state index in [0.717, 1.165) is 18.8 Å². The van der Waals surface area contributed by atoms with Crippen LogP contribution in [0.2, 0.25) is 0 Å². The zero-order valence-electron chi connectivity index (χ0n) is 12.7. The smallest absolute Gasteiger partial charge is 0.231 e. The lowest BCUT2D eigenvalue weighted by molar-refractivity contribution is -0.115. The quantitative estimate of drug-likeness (QED) is 0.939. The highest BCUT2D eigenvalue weighted by atomic mass is 16.5. The van der Waals surface area contributed by atoms with E-state index >= 15 is 0 Å². The number of amides is 1.